The van der Waals surface area contributed by atoms with Gasteiger partial charge in [-0.1, -0.05) is 11.3 Å². The molecule has 0 aliphatic rings. The van der Waals surface area contributed by atoms with E-state index in [9.17, 15) is 14.9 Å². The molecular weight excluding hydrogens is 396 g/mol. The van der Waals surface area contributed by atoms with E-state index in [-0.39, 0.29) is 17.0 Å². The Balaban J connectivity index is 1.53. The fourth-order valence-electron chi connectivity index (χ4n) is 2.70. The lowest BCUT2D eigenvalue weighted by molar-refractivity contribution is -0.385. The van der Waals surface area contributed by atoms with Gasteiger partial charge >= 0.3 is 5.69 Å². The fraction of sp³-hybridized carbons (Fsp3) is 0.111. The molecule has 0 bridgehead atoms. The number of hydrogen-bond donors (Lipinski definition) is 1. The summed E-state index contributed by atoms with van der Waals surface area (Å²) in [6.07, 6.45) is 0. The van der Waals surface area contributed by atoms with E-state index in [1.165, 1.54) is 36.6 Å². The Kier molecular flexibility index (Phi) is 4.64. The molecule has 4 aromatic rings. The van der Waals surface area contributed by atoms with Crippen LogP contribution < -0.4 is 10.1 Å². The van der Waals surface area contributed by atoms with Gasteiger partial charge in [-0.15, -0.1) is 10.2 Å². The average molecular weight is 410 g/mol. The summed E-state index contributed by atoms with van der Waals surface area (Å²) in [5.41, 5.74) is 1.31. The van der Waals surface area contributed by atoms with Crippen LogP contribution in [0.3, 0.4) is 0 Å². The van der Waals surface area contributed by atoms with E-state index >= 15 is 0 Å². The largest absolute Gasteiger partial charge is 0.490 e. The number of fused-ring (bicyclic) bond motifs is 1. The van der Waals surface area contributed by atoms with Gasteiger partial charge in [-0.05, 0) is 43.3 Å². The Morgan fingerprint density at radius 2 is 1.97 bits per heavy atom. The van der Waals surface area contributed by atoms with Crippen molar-refractivity contribution in [3.05, 3.63) is 64.0 Å². The first-order chi connectivity index (χ1) is 14.0. The minimum atomic E-state index is -0.591. The molecule has 0 unspecified atom stereocenters. The van der Waals surface area contributed by atoms with Crippen molar-refractivity contribution in [2.45, 2.75) is 6.92 Å². The lowest BCUT2D eigenvalue weighted by atomic mass is 10.1. The van der Waals surface area contributed by atoms with Gasteiger partial charge < -0.3 is 10.1 Å². The van der Waals surface area contributed by atoms with Crippen LogP contribution >= 0.6 is 11.3 Å². The van der Waals surface area contributed by atoms with Crippen LogP contribution in [0.2, 0.25) is 0 Å². The number of methoxy groups -OCH3 is 1. The number of rotatable bonds is 5. The van der Waals surface area contributed by atoms with E-state index < -0.39 is 10.8 Å². The lowest BCUT2D eigenvalue weighted by Gasteiger charge is -2.07. The molecular formula is C18H14N6O4S. The molecule has 0 aliphatic heterocycles. The topological polar surface area (TPSA) is 125 Å². The Bertz CT molecular complexity index is 1230. The number of anilines is 1. The van der Waals surface area contributed by atoms with Crippen molar-refractivity contribution >= 4 is 33.6 Å². The van der Waals surface area contributed by atoms with E-state index in [4.69, 9.17) is 4.74 Å². The molecule has 146 valence electrons. The molecule has 0 fully saturated rings. The summed E-state index contributed by atoms with van der Waals surface area (Å²) >= 11 is 1.41. The number of carbonyl (C=O) groups is 1. The summed E-state index contributed by atoms with van der Waals surface area (Å²) in [5, 5.41) is 27.1. The second-order valence-corrected chi connectivity index (χ2v) is 6.98. The van der Waals surface area contributed by atoms with Gasteiger partial charge in [-0.2, -0.15) is 9.61 Å². The molecule has 1 N–H and O–H groups in total. The number of aromatic nitrogens is 4. The quantitative estimate of drug-likeness (QED) is 0.395. The maximum Gasteiger partial charge on any atom is 0.311 e. The lowest BCUT2D eigenvalue weighted by Crippen LogP contribution is -2.12. The number of nitrogens with zero attached hydrogens (tertiary/aromatic N) is 5. The van der Waals surface area contributed by atoms with Gasteiger partial charge in [0.2, 0.25) is 4.96 Å². The third-order valence-corrected chi connectivity index (χ3v) is 5.12. The highest BCUT2D eigenvalue weighted by Crippen LogP contribution is 2.29. The standard InChI is InChI=1S/C18H14N6O4S/c1-10-20-21-18-23(10)22-17(29-18)11-3-6-13(7-4-11)19-16(25)12-5-8-15(28-2)14(9-12)24(26)27/h3-9H,1-2H3,(H,19,25). The van der Waals surface area contributed by atoms with Crippen molar-refractivity contribution in [2.75, 3.05) is 12.4 Å². The molecule has 1 amide bonds. The van der Waals surface area contributed by atoms with Gasteiger partial charge in [0, 0.05) is 22.9 Å². The van der Waals surface area contributed by atoms with E-state index in [2.05, 4.69) is 20.6 Å². The Hall–Kier alpha value is -3.86. The maximum absolute atomic E-state index is 12.5. The van der Waals surface area contributed by atoms with Crippen LogP contribution in [-0.2, 0) is 0 Å². The number of nitro benzene ring substituents is 1. The molecule has 0 spiro atoms. The minimum absolute atomic E-state index is 0.0936. The highest BCUT2D eigenvalue weighted by molar-refractivity contribution is 7.19. The Morgan fingerprint density at radius 1 is 1.21 bits per heavy atom. The maximum atomic E-state index is 12.5. The molecule has 2 aromatic carbocycles. The van der Waals surface area contributed by atoms with Crippen molar-refractivity contribution in [2.24, 2.45) is 0 Å². The zero-order valence-corrected chi connectivity index (χ0v) is 16.1. The van der Waals surface area contributed by atoms with Crippen molar-refractivity contribution in [1.29, 1.82) is 0 Å². The molecule has 2 heterocycles. The molecule has 10 nitrogen and oxygen atoms in total. The first-order valence-electron chi connectivity index (χ1n) is 8.39. The highest BCUT2D eigenvalue weighted by atomic mass is 32.1. The molecule has 0 saturated carbocycles. The highest BCUT2D eigenvalue weighted by Gasteiger charge is 2.18. The minimum Gasteiger partial charge on any atom is -0.490 e. The molecule has 0 aliphatic carbocycles. The van der Waals surface area contributed by atoms with Crippen LogP contribution in [0.15, 0.2) is 42.5 Å². The normalized spacial score (nSPS) is 10.8. The third-order valence-electron chi connectivity index (χ3n) is 4.17. The molecule has 11 heteroatoms. The van der Waals surface area contributed by atoms with Crippen LogP contribution in [0.25, 0.3) is 15.5 Å². The van der Waals surface area contributed by atoms with E-state index in [0.717, 1.165) is 10.6 Å². The molecule has 0 saturated heterocycles. The second-order valence-electron chi connectivity index (χ2n) is 6.02. The molecule has 2 aromatic heterocycles. The second kappa shape index (κ2) is 7.28. The summed E-state index contributed by atoms with van der Waals surface area (Å²) in [7, 11) is 1.33. The van der Waals surface area contributed by atoms with Crippen LogP contribution in [0.4, 0.5) is 11.4 Å². The van der Waals surface area contributed by atoms with E-state index in [0.29, 0.717) is 16.5 Å². The number of amides is 1. The van der Waals surface area contributed by atoms with Crippen molar-refractivity contribution < 1.29 is 14.5 Å². The van der Waals surface area contributed by atoms with E-state index in [1.807, 2.05) is 19.1 Å². The number of ether oxygens (including phenoxy) is 1. The van der Waals surface area contributed by atoms with Gasteiger partial charge in [0.25, 0.3) is 5.91 Å². The Labute approximate surface area is 167 Å². The zero-order valence-electron chi connectivity index (χ0n) is 15.3. The van der Waals surface area contributed by atoms with Crippen molar-refractivity contribution in [3.63, 3.8) is 0 Å². The molecule has 0 atom stereocenters. The number of carbonyl (C=O) groups excluding carboxylic acids is 1. The van der Waals surface area contributed by atoms with Gasteiger partial charge in [0.1, 0.15) is 5.01 Å². The predicted molar refractivity (Wildman–Crippen MR) is 106 cm³/mol. The summed E-state index contributed by atoms with van der Waals surface area (Å²) in [6.45, 7) is 1.83. The van der Waals surface area contributed by atoms with Gasteiger partial charge in [0.15, 0.2) is 11.6 Å². The number of nitrogens with one attached hydrogen (secondary N) is 1. The number of benzene rings is 2. The molecule has 29 heavy (non-hydrogen) atoms. The summed E-state index contributed by atoms with van der Waals surface area (Å²) in [5.74, 6) is 0.342. The number of hydrogen-bond acceptors (Lipinski definition) is 8. The fourth-order valence-corrected chi connectivity index (χ4v) is 3.60. The third kappa shape index (κ3) is 3.50. The first-order valence-corrected chi connectivity index (χ1v) is 9.21. The number of aryl methyl sites for hydroxylation is 1. The summed E-state index contributed by atoms with van der Waals surface area (Å²) in [4.78, 5) is 23.7. The first kappa shape index (κ1) is 18.5. The van der Waals surface area contributed by atoms with Crippen molar-refractivity contribution in [3.8, 4) is 16.3 Å². The van der Waals surface area contributed by atoms with Crippen LogP contribution in [-0.4, -0.2) is 37.8 Å². The van der Waals surface area contributed by atoms with Gasteiger partial charge in [0.05, 0.1) is 12.0 Å². The molecule has 0 radical (unpaired) electrons. The van der Waals surface area contributed by atoms with Gasteiger partial charge in [-0.25, -0.2) is 0 Å². The van der Waals surface area contributed by atoms with Crippen LogP contribution in [0.5, 0.6) is 5.75 Å². The zero-order chi connectivity index (χ0) is 20.5. The van der Waals surface area contributed by atoms with Crippen molar-refractivity contribution in [1.82, 2.24) is 19.8 Å². The summed E-state index contributed by atoms with van der Waals surface area (Å²) in [6, 6.07) is 11.2. The average Bonchev–Trinajstić information content (AvgIpc) is 3.30. The van der Waals surface area contributed by atoms with Crippen LogP contribution in [0.1, 0.15) is 16.2 Å². The predicted octanol–water partition coefficient (Wildman–Crippen LogP) is 3.33. The number of nitro groups is 1. The summed E-state index contributed by atoms with van der Waals surface area (Å²) < 4.78 is 6.62. The monoisotopic (exact) mass is 410 g/mol. The SMILES string of the molecule is COc1ccc(C(=O)Nc2ccc(-c3nn4c(C)nnc4s3)cc2)cc1[N+](=O)[O-]. The molecule has 4 rings (SSSR count). The Morgan fingerprint density at radius 3 is 2.62 bits per heavy atom. The van der Waals surface area contributed by atoms with Gasteiger partial charge in [-0.3, -0.25) is 14.9 Å². The van der Waals surface area contributed by atoms with Crippen LogP contribution in [0, 0.1) is 17.0 Å². The smallest absolute Gasteiger partial charge is 0.311 e. The van der Waals surface area contributed by atoms with E-state index in [1.54, 1.807) is 16.6 Å².